The van der Waals surface area contributed by atoms with Crippen LogP contribution in [0.25, 0.3) is 17.7 Å². The number of para-hydroxylation sites is 2. The molecule has 0 spiro atoms. The highest BCUT2D eigenvalue weighted by molar-refractivity contribution is 6.31. The van der Waals surface area contributed by atoms with Gasteiger partial charge in [-0.15, -0.1) is 0 Å². The summed E-state index contributed by atoms with van der Waals surface area (Å²) < 4.78 is 6.06. The van der Waals surface area contributed by atoms with Gasteiger partial charge in [-0.1, -0.05) is 90.0 Å². The normalized spacial score (nSPS) is 17.4. The van der Waals surface area contributed by atoms with Gasteiger partial charge in [0.15, 0.2) is 5.75 Å². The van der Waals surface area contributed by atoms with E-state index in [1.54, 1.807) is 5.57 Å². The summed E-state index contributed by atoms with van der Waals surface area (Å²) in [5.41, 5.74) is 10.3. The fourth-order valence-corrected chi connectivity index (χ4v) is 6.57. The van der Waals surface area contributed by atoms with Gasteiger partial charge < -0.3 is 19.9 Å². The summed E-state index contributed by atoms with van der Waals surface area (Å²) in [6.07, 6.45) is 6.87. The number of piperidine rings is 1. The number of benzene rings is 4. The molecule has 44 heavy (non-hydrogen) atoms. The van der Waals surface area contributed by atoms with Gasteiger partial charge in [-0.2, -0.15) is 0 Å². The highest BCUT2D eigenvalue weighted by atomic mass is 35.5. The summed E-state index contributed by atoms with van der Waals surface area (Å²) in [7, 11) is 2.22. The minimum Gasteiger partial charge on any atom is -0.454 e. The van der Waals surface area contributed by atoms with E-state index in [1.165, 1.54) is 40.7 Å². The van der Waals surface area contributed by atoms with Crippen molar-refractivity contribution in [3.8, 4) is 11.5 Å². The second-order valence-corrected chi connectivity index (χ2v) is 12.1. The average Bonchev–Trinajstić information content (AvgIpc) is 3.34. The molecule has 1 aliphatic carbocycles. The molecule has 2 saturated heterocycles. The number of nitrogens with zero attached hydrogens (tertiary/aromatic N) is 3. The highest BCUT2D eigenvalue weighted by Crippen LogP contribution is 2.40. The summed E-state index contributed by atoms with van der Waals surface area (Å²) in [4.78, 5) is 9.59. The van der Waals surface area contributed by atoms with E-state index >= 15 is 0 Å². The monoisotopic (exact) mass is 600 g/mol. The van der Waals surface area contributed by atoms with E-state index < -0.39 is 0 Å². The molecule has 1 N–H and O–H groups in total. The van der Waals surface area contributed by atoms with E-state index in [-0.39, 0.29) is 0 Å². The molecule has 0 bridgehead atoms. The predicted molar refractivity (Wildman–Crippen MR) is 183 cm³/mol. The summed E-state index contributed by atoms with van der Waals surface area (Å²) in [6.45, 7) is 6.09. The Balaban J connectivity index is 0.000000142. The second-order valence-electron chi connectivity index (χ2n) is 11.7. The van der Waals surface area contributed by atoms with Crippen LogP contribution in [-0.2, 0) is 0 Å². The molecule has 0 saturated carbocycles. The lowest BCUT2D eigenvalue weighted by Gasteiger charge is -2.30. The Labute approximate surface area is 265 Å². The molecule has 4 aromatic rings. The molecule has 2 fully saturated rings. The van der Waals surface area contributed by atoms with Gasteiger partial charge in [0, 0.05) is 44.3 Å². The number of halogens is 1. The number of likely N-dealkylation sites (tertiary alicyclic amines) is 1. The van der Waals surface area contributed by atoms with Crippen molar-refractivity contribution < 1.29 is 4.74 Å². The Morgan fingerprint density at radius 2 is 1.34 bits per heavy atom. The first-order valence-electron chi connectivity index (χ1n) is 15.5. The first-order chi connectivity index (χ1) is 21.6. The van der Waals surface area contributed by atoms with E-state index in [9.17, 15) is 0 Å². The van der Waals surface area contributed by atoms with Crippen molar-refractivity contribution in [2.75, 3.05) is 46.3 Å². The maximum absolute atomic E-state index is 6.20. The lowest BCUT2D eigenvalue weighted by Crippen LogP contribution is -2.46. The van der Waals surface area contributed by atoms with Gasteiger partial charge in [0.2, 0.25) is 0 Å². The predicted octanol–water partition coefficient (Wildman–Crippen LogP) is 8.13. The van der Waals surface area contributed by atoms with Crippen LogP contribution in [0, 0.1) is 0 Å². The number of rotatable bonds is 0. The van der Waals surface area contributed by atoms with Crippen LogP contribution in [0.3, 0.4) is 0 Å². The van der Waals surface area contributed by atoms with Gasteiger partial charge in [-0.25, -0.2) is 4.99 Å². The maximum atomic E-state index is 6.20. The van der Waals surface area contributed by atoms with Gasteiger partial charge in [0.05, 0.1) is 5.56 Å². The van der Waals surface area contributed by atoms with Crippen molar-refractivity contribution in [2.24, 2.45) is 4.99 Å². The molecule has 4 aliphatic rings. The van der Waals surface area contributed by atoms with E-state index in [1.807, 2.05) is 42.5 Å². The Kier molecular flexibility index (Phi) is 8.34. The van der Waals surface area contributed by atoms with Gasteiger partial charge in [0.1, 0.15) is 17.3 Å². The number of aliphatic imine (C=N–C) groups is 1. The highest BCUT2D eigenvalue weighted by Gasteiger charge is 2.24. The Morgan fingerprint density at radius 1 is 0.705 bits per heavy atom. The molecule has 0 amide bonds. The fourth-order valence-electron chi connectivity index (χ4n) is 6.40. The van der Waals surface area contributed by atoms with Gasteiger partial charge in [-0.3, -0.25) is 0 Å². The number of hydrogen-bond donors (Lipinski definition) is 1. The van der Waals surface area contributed by atoms with Crippen molar-refractivity contribution in [1.29, 1.82) is 0 Å². The van der Waals surface area contributed by atoms with Crippen LogP contribution in [0.5, 0.6) is 11.5 Å². The van der Waals surface area contributed by atoms with E-state index in [4.69, 9.17) is 21.3 Å². The van der Waals surface area contributed by atoms with Crippen LogP contribution in [0.2, 0.25) is 5.02 Å². The van der Waals surface area contributed by atoms with Crippen molar-refractivity contribution >= 4 is 40.8 Å². The number of amidine groups is 1. The summed E-state index contributed by atoms with van der Waals surface area (Å²) in [5, 5.41) is 4.06. The van der Waals surface area contributed by atoms with Crippen LogP contribution in [0.4, 0.5) is 5.69 Å². The molecule has 0 unspecified atom stereocenters. The minimum atomic E-state index is 0.691. The third-order valence-electron chi connectivity index (χ3n) is 8.76. The zero-order valence-corrected chi connectivity index (χ0v) is 25.9. The zero-order chi connectivity index (χ0) is 29.9. The topological polar surface area (TPSA) is 40.1 Å². The van der Waals surface area contributed by atoms with Crippen LogP contribution >= 0.6 is 11.6 Å². The first kappa shape index (κ1) is 28.6. The molecule has 3 heterocycles. The molecule has 0 aromatic heterocycles. The number of ether oxygens (including phenoxy) is 1. The van der Waals surface area contributed by atoms with Crippen molar-refractivity contribution in [1.82, 2.24) is 15.1 Å². The summed E-state index contributed by atoms with van der Waals surface area (Å²) in [6, 6.07) is 31.2. The van der Waals surface area contributed by atoms with Gasteiger partial charge in [-0.05, 0) is 78.0 Å². The zero-order valence-electron chi connectivity index (χ0n) is 25.1. The molecule has 3 aliphatic heterocycles. The summed E-state index contributed by atoms with van der Waals surface area (Å²) in [5.74, 6) is 2.51. The van der Waals surface area contributed by atoms with Crippen LogP contribution in [0.1, 0.15) is 40.7 Å². The Hall–Kier alpha value is -4.16. The lowest BCUT2D eigenvalue weighted by molar-refractivity contribution is 0.313. The van der Waals surface area contributed by atoms with Crippen molar-refractivity contribution in [3.05, 3.63) is 129 Å². The lowest BCUT2D eigenvalue weighted by atomic mass is 9.86. The molecule has 0 atom stereocenters. The third-order valence-corrected chi connectivity index (χ3v) is 8.99. The van der Waals surface area contributed by atoms with E-state index in [0.29, 0.717) is 5.02 Å². The Bertz CT molecular complexity index is 1710. The maximum Gasteiger partial charge on any atom is 0.153 e. The summed E-state index contributed by atoms with van der Waals surface area (Å²) >= 11 is 6.20. The molecular formula is C38H37ClN4O. The van der Waals surface area contributed by atoms with Crippen LogP contribution in [0.15, 0.2) is 102 Å². The number of fused-ring (bicyclic) bond motifs is 4. The fraction of sp³-hybridized carbons (Fsp3) is 0.237. The molecular weight excluding hydrogens is 564 g/mol. The first-order valence-corrected chi connectivity index (χ1v) is 15.9. The van der Waals surface area contributed by atoms with E-state index in [2.05, 4.69) is 82.8 Å². The molecule has 8 rings (SSSR count). The van der Waals surface area contributed by atoms with Crippen LogP contribution in [-0.4, -0.2) is 62.0 Å². The van der Waals surface area contributed by atoms with E-state index in [0.717, 1.165) is 67.9 Å². The molecule has 0 radical (unpaired) electrons. The molecule has 222 valence electrons. The molecule has 5 nitrogen and oxygen atoms in total. The largest absolute Gasteiger partial charge is 0.454 e. The number of nitrogens with one attached hydrogen (secondary N) is 1. The van der Waals surface area contributed by atoms with Gasteiger partial charge in [0.25, 0.3) is 0 Å². The quantitative estimate of drug-likeness (QED) is 0.195. The standard InChI is InChI=1S/C21H21N.C17H16ClN3O/c1-22-14-12-18(13-15-22)21-19-8-4-2-6-16(19)10-11-17-7-3-5-9-20(17)21;18-12-5-6-15-13(11-12)17(21-9-7-19-8-10-21)20-14-3-1-2-4-16(14)22-15/h2-11H,12-15H2,1H3;1-6,11,19H,7-10H2. The minimum absolute atomic E-state index is 0.691. The third kappa shape index (κ3) is 5.96. The number of piperazine rings is 1. The van der Waals surface area contributed by atoms with Gasteiger partial charge >= 0.3 is 0 Å². The van der Waals surface area contributed by atoms with Crippen molar-refractivity contribution in [2.45, 2.75) is 12.8 Å². The Morgan fingerprint density at radius 3 is 2.05 bits per heavy atom. The SMILES string of the molecule is CN1CCC(=C2c3ccccc3C=Cc3ccccc32)CC1.Clc1ccc2c(c1)C(N1CCNCC1)=Nc1ccccc1O2. The molecule has 6 heteroatoms. The number of hydrogen-bond acceptors (Lipinski definition) is 5. The van der Waals surface area contributed by atoms with Crippen molar-refractivity contribution in [3.63, 3.8) is 0 Å². The average molecular weight is 601 g/mol. The smallest absolute Gasteiger partial charge is 0.153 e. The van der Waals surface area contributed by atoms with Crippen LogP contribution < -0.4 is 10.1 Å². The second kappa shape index (κ2) is 12.8. The molecule has 4 aromatic carbocycles.